The number of carbonyl (C=O) groups is 1. The van der Waals surface area contributed by atoms with Gasteiger partial charge in [0.1, 0.15) is 5.52 Å². The van der Waals surface area contributed by atoms with Crippen LogP contribution >= 0.6 is 0 Å². The third-order valence-corrected chi connectivity index (χ3v) is 5.95. The molecular formula is C24H31N5O. The molecule has 1 aromatic carbocycles. The summed E-state index contributed by atoms with van der Waals surface area (Å²) in [5.74, 6) is 1.09. The second kappa shape index (κ2) is 8.86. The van der Waals surface area contributed by atoms with Gasteiger partial charge in [-0.15, -0.1) is 0 Å². The number of aryl methyl sites for hydroxylation is 2. The number of rotatable bonds is 6. The number of hydrogen-bond donors (Lipinski definition) is 1. The molecular weight excluding hydrogens is 374 g/mol. The van der Waals surface area contributed by atoms with Gasteiger partial charge in [0, 0.05) is 37.6 Å². The summed E-state index contributed by atoms with van der Waals surface area (Å²) >= 11 is 0. The summed E-state index contributed by atoms with van der Waals surface area (Å²) in [5.41, 5.74) is 5.54. The minimum absolute atomic E-state index is 0.0133. The van der Waals surface area contributed by atoms with Crippen molar-refractivity contribution >= 4 is 17.2 Å². The smallest absolute Gasteiger partial charge is 0.224 e. The zero-order chi connectivity index (χ0) is 21.1. The fourth-order valence-electron chi connectivity index (χ4n) is 4.30. The molecule has 1 aliphatic heterocycles. The van der Waals surface area contributed by atoms with Gasteiger partial charge in [-0.25, -0.2) is 9.50 Å². The number of benzene rings is 1. The van der Waals surface area contributed by atoms with Gasteiger partial charge < -0.3 is 10.2 Å². The van der Waals surface area contributed by atoms with Crippen molar-refractivity contribution in [1.29, 1.82) is 0 Å². The Hall–Kier alpha value is -2.89. The molecule has 30 heavy (non-hydrogen) atoms. The highest BCUT2D eigenvalue weighted by Gasteiger charge is 2.27. The van der Waals surface area contributed by atoms with Crippen molar-refractivity contribution in [3.63, 3.8) is 0 Å². The molecule has 2 aromatic heterocycles. The number of anilines is 1. The number of nitrogens with zero attached hydrogens (tertiary/aromatic N) is 4. The quantitative estimate of drug-likeness (QED) is 0.626. The number of piperidine rings is 1. The number of carbonyl (C=O) groups excluding carboxylic acids is 1. The van der Waals surface area contributed by atoms with E-state index in [1.807, 2.05) is 10.7 Å². The highest BCUT2D eigenvalue weighted by Crippen LogP contribution is 2.29. The molecule has 0 saturated carbocycles. The van der Waals surface area contributed by atoms with Crippen LogP contribution in [-0.4, -0.2) is 40.1 Å². The van der Waals surface area contributed by atoms with E-state index in [1.54, 1.807) is 6.20 Å². The van der Waals surface area contributed by atoms with Gasteiger partial charge in [-0.05, 0) is 44.7 Å². The predicted molar refractivity (Wildman–Crippen MR) is 121 cm³/mol. The minimum Gasteiger partial charge on any atom is -0.356 e. The van der Waals surface area contributed by atoms with E-state index in [0.29, 0.717) is 6.54 Å². The van der Waals surface area contributed by atoms with Gasteiger partial charge in [0.25, 0.3) is 0 Å². The Balaban J connectivity index is 1.59. The zero-order valence-electron chi connectivity index (χ0n) is 18.2. The van der Waals surface area contributed by atoms with Crippen LogP contribution in [0.2, 0.25) is 0 Å². The number of fused-ring (bicyclic) bond motifs is 1. The van der Waals surface area contributed by atoms with E-state index >= 15 is 0 Å². The first-order valence-corrected chi connectivity index (χ1v) is 11.0. The molecule has 0 unspecified atom stereocenters. The van der Waals surface area contributed by atoms with Crippen molar-refractivity contribution in [2.24, 2.45) is 5.92 Å². The first kappa shape index (κ1) is 20.4. The van der Waals surface area contributed by atoms with Gasteiger partial charge in [-0.1, -0.05) is 37.1 Å². The van der Waals surface area contributed by atoms with Gasteiger partial charge in [0.15, 0.2) is 5.82 Å². The molecule has 4 rings (SSSR count). The standard InChI is InChI=1S/C24H31N5O/c1-4-5-10-26-24(30)19-7-6-12-28(16-19)23-22-15-21(27-29(22)13-11-25-23)20-9-8-17(2)14-18(20)3/h8-9,11,13-15,19H,4-7,10,12,16H2,1-3H3,(H,26,30)/t19-/m0/s1. The van der Waals surface area contributed by atoms with Crippen molar-refractivity contribution < 1.29 is 4.79 Å². The summed E-state index contributed by atoms with van der Waals surface area (Å²) in [6.07, 6.45) is 7.74. The number of hydrogen-bond acceptors (Lipinski definition) is 4. The predicted octanol–water partition coefficient (Wildman–Crippen LogP) is 4.15. The minimum atomic E-state index is 0.0133. The fourth-order valence-corrected chi connectivity index (χ4v) is 4.30. The average molecular weight is 406 g/mol. The maximum Gasteiger partial charge on any atom is 0.224 e. The molecule has 0 aliphatic carbocycles. The van der Waals surface area contributed by atoms with E-state index in [9.17, 15) is 4.79 Å². The van der Waals surface area contributed by atoms with Crippen LogP contribution in [0.5, 0.6) is 0 Å². The van der Waals surface area contributed by atoms with Crippen LogP contribution in [0.4, 0.5) is 5.82 Å². The monoisotopic (exact) mass is 405 g/mol. The van der Waals surface area contributed by atoms with Crippen LogP contribution in [-0.2, 0) is 4.79 Å². The first-order valence-electron chi connectivity index (χ1n) is 11.0. The molecule has 158 valence electrons. The molecule has 3 heterocycles. The van der Waals surface area contributed by atoms with Crippen molar-refractivity contribution in [1.82, 2.24) is 19.9 Å². The Morgan fingerprint density at radius 3 is 2.93 bits per heavy atom. The number of aromatic nitrogens is 3. The van der Waals surface area contributed by atoms with Crippen LogP contribution in [0.15, 0.2) is 36.7 Å². The maximum absolute atomic E-state index is 12.6. The summed E-state index contributed by atoms with van der Waals surface area (Å²) in [4.78, 5) is 19.5. The van der Waals surface area contributed by atoms with Crippen LogP contribution in [0, 0.1) is 19.8 Å². The van der Waals surface area contributed by atoms with E-state index in [2.05, 4.69) is 60.2 Å². The molecule has 1 aliphatic rings. The van der Waals surface area contributed by atoms with Crippen LogP contribution in [0.1, 0.15) is 43.7 Å². The SMILES string of the molecule is CCCCNC(=O)[C@H]1CCCN(c2nccn3nc(-c4ccc(C)cc4C)cc23)C1. The molecule has 0 spiro atoms. The van der Waals surface area contributed by atoms with Gasteiger partial charge in [0.05, 0.1) is 11.6 Å². The summed E-state index contributed by atoms with van der Waals surface area (Å²) in [6, 6.07) is 8.56. The van der Waals surface area contributed by atoms with Crippen LogP contribution < -0.4 is 10.2 Å². The van der Waals surface area contributed by atoms with Crippen LogP contribution in [0.3, 0.4) is 0 Å². The van der Waals surface area contributed by atoms with Crippen molar-refractivity contribution in [2.75, 3.05) is 24.5 Å². The lowest BCUT2D eigenvalue weighted by atomic mass is 9.97. The molecule has 1 N–H and O–H groups in total. The average Bonchev–Trinajstić information content (AvgIpc) is 3.18. The van der Waals surface area contributed by atoms with E-state index in [4.69, 9.17) is 5.10 Å². The third kappa shape index (κ3) is 4.18. The Kier molecular flexibility index (Phi) is 6.02. The van der Waals surface area contributed by atoms with Crippen LogP contribution in [0.25, 0.3) is 16.8 Å². The van der Waals surface area contributed by atoms with Crippen molar-refractivity contribution in [3.05, 3.63) is 47.8 Å². The summed E-state index contributed by atoms with van der Waals surface area (Å²) in [5, 5.41) is 7.90. The largest absolute Gasteiger partial charge is 0.356 e. The van der Waals surface area contributed by atoms with E-state index in [-0.39, 0.29) is 11.8 Å². The number of nitrogens with one attached hydrogen (secondary N) is 1. The Labute approximate surface area is 178 Å². The molecule has 6 heteroatoms. The molecule has 6 nitrogen and oxygen atoms in total. The summed E-state index contributed by atoms with van der Waals surface area (Å²) < 4.78 is 1.90. The molecule has 0 radical (unpaired) electrons. The molecule has 1 amide bonds. The molecule has 0 bridgehead atoms. The Bertz CT molecular complexity index is 1040. The highest BCUT2D eigenvalue weighted by molar-refractivity contribution is 5.81. The lowest BCUT2D eigenvalue weighted by molar-refractivity contribution is -0.125. The van der Waals surface area contributed by atoms with E-state index < -0.39 is 0 Å². The van der Waals surface area contributed by atoms with Gasteiger partial charge in [0.2, 0.25) is 5.91 Å². The topological polar surface area (TPSA) is 62.5 Å². The third-order valence-electron chi connectivity index (χ3n) is 5.95. The first-order chi connectivity index (χ1) is 14.6. The lowest BCUT2D eigenvalue weighted by Gasteiger charge is -2.33. The Morgan fingerprint density at radius 2 is 2.13 bits per heavy atom. The Morgan fingerprint density at radius 1 is 1.27 bits per heavy atom. The molecule has 1 fully saturated rings. The second-order valence-corrected chi connectivity index (χ2v) is 8.36. The van der Waals surface area contributed by atoms with E-state index in [0.717, 1.165) is 61.4 Å². The number of unbranched alkanes of at least 4 members (excludes halogenated alkanes) is 1. The van der Waals surface area contributed by atoms with E-state index in [1.165, 1.54) is 11.1 Å². The molecule has 1 atom stereocenters. The lowest BCUT2D eigenvalue weighted by Crippen LogP contribution is -2.43. The fraction of sp³-hybridized carbons (Fsp3) is 0.458. The summed E-state index contributed by atoms with van der Waals surface area (Å²) in [6.45, 7) is 8.75. The molecule has 3 aromatic rings. The van der Waals surface area contributed by atoms with Crippen molar-refractivity contribution in [3.8, 4) is 11.3 Å². The zero-order valence-corrected chi connectivity index (χ0v) is 18.2. The van der Waals surface area contributed by atoms with Crippen molar-refractivity contribution in [2.45, 2.75) is 46.5 Å². The number of amides is 1. The van der Waals surface area contributed by atoms with Gasteiger partial charge in [-0.3, -0.25) is 4.79 Å². The second-order valence-electron chi connectivity index (χ2n) is 8.36. The maximum atomic E-state index is 12.6. The normalized spacial score (nSPS) is 16.8. The summed E-state index contributed by atoms with van der Waals surface area (Å²) in [7, 11) is 0. The highest BCUT2D eigenvalue weighted by atomic mass is 16.1. The molecule has 1 saturated heterocycles. The van der Waals surface area contributed by atoms with Gasteiger partial charge in [-0.2, -0.15) is 5.10 Å². The van der Waals surface area contributed by atoms with Gasteiger partial charge >= 0.3 is 0 Å².